The van der Waals surface area contributed by atoms with Crippen LogP contribution in [0.25, 0.3) is 12.2 Å². The Hall–Kier alpha value is -3.06. The van der Waals surface area contributed by atoms with Crippen LogP contribution in [-0.2, 0) is 0 Å². The van der Waals surface area contributed by atoms with Crippen molar-refractivity contribution in [2.24, 2.45) is 0 Å². The molecule has 0 fully saturated rings. The average Bonchev–Trinajstić information content (AvgIpc) is 2.55. The van der Waals surface area contributed by atoms with Gasteiger partial charge in [0.25, 0.3) is 5.69 Å². The highest BCUT2D eigenvalue weighted by molar-refractivity contribution is 6.35. The first-order chi connectivity index (χ1) is 11.4. The molecular formula is C16H7Cl2N3O3. The van der Waals surface area contributed by atoms with E-state index in [1.807, 2.05) is 6.07 Å². The molecule has 2 aromatic carbocycles. The van der Waals surface area contributed by atoms with E-state index < -0.39 is 4.92 Å². The minimum Gasteiger partial charge on any atom is -0.506 e. The molecule has 0 radical (unpaired) electrons. The van der Waals surface area contributed by atoms with Crippen LogP contribution in [0.1, 0.15) is 22.3 Å². The molecule has 0 saturated heterocycles. The molecule has 0 aliphatic heterocycles. The van der Waals surface area contributed by atoms with Gasteiger partial charge in [-0.3, -0.25) is 10.1 Å². The Morgan fingerprint density at radius 2 is 1.62 bits per heavy atom. The van der Waals surface area contributed by atoms with Crippen LogP contribution < -0.4 is 0 Å². The van der Waals surface area contributed by atoms with Crippen LogP contribution in [0.3, 0.4) is 0 Å². The van der Waals surface area contributed by atoms with Crippen molar-refractivity contribution in [3.63, 3.8) is 0 Å². The van der Waals surface area contributed by atoms with Gasteiger partial charge in [-0.15, -0.1) is 0 Å². The van der Waals surface area contributed by atoms with E-state index in [-0.39, 0.29) is 43.7 Å². The van der Waals surface area contributed by atoms with Crippen LogP contribution in [0.5, 0.6) is 5.75 Å². The van der Waals surface area contributed by atoms with E-state index in [1.165, 1.54) is 30.4 Å². The number of hydrogen-bond acceptors (Lipinski definition) is 5. The van der Waals surface area contributed by atoms with Crippen LogP contribution in [0.2, 0.25) is 10.0 Å². The molecule has 0 saturated carbocycles. The van der Waals surface area contributed by atoms with Gasteiger partial charge in [-0.05, 0) is 24.3 Å². The third-order valence-electron chi connectivity index (χ3n) is 3.10. The van der Waals surface area contributed by atoms with Crippen molar-refractivity contribution in [2.45, 2.75) is 0 Å². The lowest BCUT2D eigenvalue weighted by Crippen LogP contribution is -1.95. The summed E-state index contributed by atoms with van der Waals surface area (Å²) in [6.07, 6.45) is 2.71. The SMILES string of the molecule is N#Cc1cc(C=Cc2cc(Cl)cc(Cl)c2O)c([N+](=O)[O-])cc1C#N. The lowest BCUT2D eigenvalue weighted by Gasteiger charge is -2.04. The Bertz CT molecular complexity index is 957. The number of hydrogen-bond donors (Lipinski definition) is 1. The van der Waals surface area contributed by atoms with Gasteiger partial charge < -0.3 is 5.11 Å². The summed E-state index contributed by atoms with van der Waals surface area (Å²) in [6.45, 7) is 0. The Morgan fingerprint density at radius 3 is 2.21 bits per heavy atom. The maximum Gasteiger partial charge on any atom is 0.277 e. The number of aromatic hydroxyl groups is 1. The molecule has 0 aromatic heterocycles. The number of nitrogens with zero attached hydrogens (tertiary/aromatic N) is 3. The lowest BCUT2D eigenvalue weighted by atomic mass is 10.0. The van der Waals surface area contributed by atoms with E-state index in [4.69, 9.17) is 33.7 Å². The van der Waals surface area contributed by atoms with Crippen LogP contribution in [-0.4, -0.2) is 10.0 Å². The fourth-order valence-electron chi connectivity index (χ4n) is 1.97. The molecule has 8 heteroatoms. The van der Waals surface area contributed by atoms with E-state index in [0.717, 1.165) is 6.07 Å². The molecule has 0 aliphatic carbocycles. The first-order valence-electron chi connectivity index (χ1n) is 6.36. The van der Waals surface area contributed by atoms with Gasteiger partial charge in [0.05, 0.1) is 26.6 Å². The number of rotatable bonds is 3. The van der Waals surface area contributed by atoms with Crippen molar-refractivity contribution >= 4 is 41.0 Å². The largest absolute Gasteiger partial charge is 0.506 e. The van der Waals surface area contributed by atoms with Crippen LogP contribution >= 0.6 is 23.2 Å². The molecule has 24 heavy (non-hydrogen) atoms. The van der Waals surface area contributed by atoms with Gasteiger partial charge in [0, 0.05) is 16.7 Å². The quantitative estimate of drug-likeness (QED) is 0.491. The number of phenols is 1. The standard InChI is InChI=1S/C16H7Cl2N3O3/c17-13-4-10(16(22)14(18)6-13)2-1-9-3-11(7-19)12(8-20)5-15(9)21(23)24/h1-6,22H. The minimum atomic E-state index is -0.660. The van der Waals surface area contributed by atoms with E-state index in [0.29, 0.717) is 0 Å². The zero-order valence-corrected chi connectivity index (χ0v) is 13.3. The third-order valence-corrected chi connectivity index (χ3v) is 3.61. The number of halogens is 2. The maximum atomic E-state index is 11.2. The molecule has 6 nitrogen and oxygen atoms in total. The topological polar surface area (TPSA) is 111 Å². The van der Waals surface area contributed by atoms with Crippen molar-refractivity contribution in [3.05, 3.63) is 66.7 Å². The number of nitro groups is 1. The monoisotopic (exact) mass is 359 g/mol. The maximum absolute atomic E-state index is 11.2. The number of nitro benzene ring substituents is 1. The molecule has 118 valence electrons. The molecule has 2 rings (SSSR count). The second-order valence-corrected chi connectivity index (χ2v) is 5.44. The van der Waals surface area contributed by atoms with Gasteiger partial charge in [-0.2, -0.15) is 10.5 Å². The highest BCUT2D eigenvalue weighted by atomic mass is 35.5. The van der Waals surface area contributed by atoms with Crippen molar-refractivity contribution in [2.75, 3.05) is 0 Å². The summed E-state index contributed by atoms with van der Waals surface area (Å²) in [6, 6.07) is 8.60. The number of benzene rings is 2. The highest BCUT2D eigenvalue weighted by Crippen LogP contribution is 2.33. The fourth-order valence-corrected chi connectivity index (χ4v) is 2.48. The van der Waals surface area contributed by atoms with Crippen molar-refractivity contribution in [1.82, 2.24) is 0 Å². The fraction of sp³-hybridized carbons (Fsp3) is 0. The molecule has 0 amide bonds. The minimum absolute atomic E-state index is 0.0103. The van der Waals surface area contributed by atoms with Gasteiger partial charge in [-0.25, -0.2) is 0 Å². The van der Waals surface area contributed by atoms with E-state index in [2.05, 4.69) is 0 Å². The second-order valence-electron chi connectivity index (χ2n) is 4.60. The molecule has 0 aliphatic rings. The van der Waals surface area contributed by atoms with E-state index in [9.17, 15) is 15.2 Å². The van der Waals surface area contributed by atoms with Gasteiger partial charge in [0.1, 0.15) is 17.9 Å². The molecular weight excluding hydrogens is 353 g/mol. The molecule has 0 spiro atoms. The summed E-state index contributed by atoms with van der Waals surface area (Å²) in [5.41, 5.74) is -0.0591. The third kappa shape index (κ3) is 3.47. The molecule has 0 atom stereocenters. The van der Waals surface area contributed by atoms with Crippen LogP contribution in [0.15, 0.2) is 24.3 Å². The first kappa shape index (κ1) is 17.3. The summed E-state index contributed by atoms with van der Waals surface area (Å²) >= 11 is 11.7. The van der Waals surface area contributed by atoms with Crippen molar-refractivity contribution in [1.29, 1.82) is 10.5 Å². The Kier molecular flexibility index (Phi) is 5.05. The van der Waals surface area contributed by atoms with Gasteiger partial charge in [-0.1, -0.05) is 29.3 Å². The Balaban J connectivity index is 2.60. The Labute approximate surface area is 146 Å². The zero-order chi connectivity index (χ0) is 17.9. The number of phenolic OH excluding ortho intramolecular Hbond substituents is 1. The summed E-state index contributed by atoms with van der Waals surface area (Å²) in [5.74, 6) is -0.228. The van der Waals surface area contributed by atoms with Crippen molar-refractivity contribution in [3.8, 4) is 17.9 Å². The van der Waals surface area contributed by atoms with E-state index in [1.54, 1.807) is 6.07 Å². The smallest absolute Gasteiger partial charge is 0.277 e. The van der Waals surface area contributed by atoms with E-state index >= 15 is 0 Å². The summed E-state index contributed by atoms with van der Waals surface area (Å²) in [4.78, 5) is 10.5. The normalized spacial score (nSPS) is 10.3. The molecule has 2 aromatic rings. The predicted octanol–water partition coefficient (Wildman–Crippen LogP) is 4.52. The first-order valence-corrected chi connectivity index (χ1v) is 7.11. The summed E-state index contributed by atoms with van der Waals surface area (Å²) < 4.78 is 0. The van der Waals surface area contributed by atoms with Crippen LogP contribution in [0, 0.1) is 32.8 Å². The molecule has 1 N–H and O–H groups in total. The summed E-state index contributed by atoms with van der Waals surface area (Å²) in [5, 5.41) is 39.4. The molecule has 0 heterocycles. The summed E-state index contributed by atoms with van der Waals surface area (Å²) in [7, 11) is 0. The average molecular weight is 360 g/mol. The lowest BCUT2D eigenvalue weighted by molar-refractivity contribution is -0.385. The van der Waals surface area contributed by atoms with Gasteiger partial charge in [0.2, 0.25) is 0 Å². The van der Waals surface area contributed by atoms with Gasteiger partial charge in [0.15, 0.2) is 0 Å². The van der Waals surface area contributed by atoms with Crippen molar-refractivity contribution < 1.29 is 10.0 Å². The van der Waals surface area contributed by atoms with Gasteiger partial charge >= 0.3 is 0 Å². The zero-order valence-electron chi connectivity index (χ0n) is 11.8. The highest BCUT2D eigenvalue weighted by Gasteiger charge is 2.17. The molecule has 0 bridgehead atoms. The Morgan fingerprint density at radius 1 is 1.04 bits per heavy atom. The van der Waals surface area contributed by atoms with Crippen LogP contribution in [0.4, 0.5) is 5.69 Å². The predicted molar refractivity (Wildman–Crippen MR) is 89.6 cm³/mol. The number of nitriles is 2. The molecule has 0 unspecified atom stereocenters. The second kappa shape index (κ2) is 7.01.